The van der Waals surface area contributed by atoms with Crippen molar-refractivity contribution in [1.29, 1.82) is 0 Å². The Kier molecular flexibility index (Phi) is 3.53. The molecular weight excluding hydrogens is 271 g/mol. The number of halogens is 2. The van der Waals surface area contributed by atoms with Crippen LogP contribution in [0.15, 0.2) is 72.8 Å². The smallest absolute Gasteiger partial charge is 0.131 e. The van der Waals surface area contributed by atoms with Crippen LogP contribution in [0.25, 0.3) is 22.3 Å². The van der Waals surface area contributed by atoms with Crippen molar-refractivity contribution in [1.82, 2.24) is 0 Å². The van der Waals surface area contributed by atoms with Crippen LogP contribution in [-0.2, 0) is 0 Å². The highest BCUT2D eigenvalue weighted by molar-refractivity contribution is 6.33. The van der Waals surface area contributed by atoms with Crippen molar-refractivity contribution in [2.45, 2.75) is 0 Å². The van der Waals surface area contributed by atoms with Gasteiger partial charge in [-0.05, 0) is 23.3 Å². The minimum atomic E-state index is -0.230. The van der Waals surface area contributed by atoms with Gasteiger partial charge in [-0.3, -0.25) is 0 Å². The summed E-state index contributed by atoms with van der Waals surface area (Å²) in [5, 5.41) is 0.663. The van der Waals surface area contributed by atoms with Gasteiger partial charge in [0.1, 0.15) is 5.82 Å². The van der Waals surface area contributed by atoms with E-state index in [2.05, 4.69) is 0 Å². The summed E-state index contributed by atoms with van der Waals surface area (Å²) < 4.78 is 14.0. The predicted octanol–water partition coefficient (Wildman–Crippen LogP) is 5.81. The van der Waals surface area contributed by atoms with E-state index in [1.807, 2.05) is 54.6 Å². The molecule has 20 heavy (non-hydrogen) atoms. The monoisotopic (exact) mass is 282 g/mol. The van der Waals surface area contributed by atoms with Crippen LogP contribution in [0.4, 0.5) is 4.39 Å². The molecule has 3 aromatic carbocycles. The van der Waals surface area contributed by atoms with E-state index in [4.69, 9.17) is 11.6 Å². The molecule has 0 N–H and O–H groups in total. The molecule has 0 aliphatic rings. The predicted molar refractivity (Wildman–Crippen MR) is 82.3 cm³/mol. The van der Waals surface area contributed by atoms with Gasteiger partial charge in [0.25, 0.3) is 0 Å². The zero-order valence-corrected chi connectivity index (χ0v) is 11.4. The molecule has 0 amide bonds. The molecule has 0 aromatic heterocycles. The van der Waals surface area contributed by atoms with E-state index in [0.717, 1.165) is 16.7 Å². The molecule has 0 fully saturated rings. The zero-order valence-electron chi connectivity index (χ0n) is 10.7. The molecule has 2 heteroatoms. The lowest BCUT2D eigenvalue weighted by molar-refractivity contribution is 0.631. The average Bonchev–Trinajstić information content (AvgIpc) is 2.48. The first-order chi connectivity index (χ1) is 9.77. The molecule has 0 radical (unpaired) electrons. The van der Waals surface area contributed by atoms with Gasteiger partial charge in [0.15, 0.2) is 0 Å². The van der Waals surface area contributed by atoms with Crippen molar-refractivity contribution in [2.75, 3.05) is 0 Å². The Balaban J connectivity index is 2.25. The maximum Gasteiger partial charge on any atom is 0.131 e. The molecule has 0 spiro atoms. The number of rotatable bonds is 2. The first kappa shape index (κ1) is 12.9. The number of hydrogen-bond donors (Lipinski definition) is 0. The van der Waals surface area contributed by atoms with Crippen molar-refractivity contribution in [3.8, 4) is 22.3 Å². The molecule has 98 valence electrons. The van der Waals surface area contributed by atoms with Gasteiger partial charge in [-0.25, -0.2) is 4.39 Å². The summed E-state index contributed by atoms with van der Waals surface area (Å²) >= 11 is 6.26. The summed E-state index contributed by atoms with van der Waals surface area (Å²) in [5.74, 6) is -0.230. The summed E-state index contributed by atoms with van der Waals surface area (Å²) in [4.78, 5) is 0. The minimum Gasteiger partial charge on any atom is -0.206 e. The van der Waals surface area contributed by atoms with Crippen LogP contribution in [0.2, 0.25) is 5.02 Å². The van der Waals surface area contributed by atoms with Crippen LogP contribution in [0.5, 0.6) is 0 Å². The lowest BCUT2D eigenvalue weighted by atomic mass is 9.94. The molecule has 3 aromatic rings. The van der Waals surface area contributed by atoms with Crippen LogP contribution >= 0.6 is 11.6 Å². The minimum absolute atomic E-state index is 0.230. The second-order valence-electron chi connectivity index (χ2n) is 4.51. The van der Waals surface area contributed by atoms with E-state index in [1.54, 1.807) is 12.1 Å². The molecule has 0 aliphatic carbocycles. The standard InChI is InChI=1S/C18H12ClF/c19-17-11-5-3-9-15(17)13-7-1-2-8-14(13)16-10-4-6-12-18(16)20/h1-12H. The fourth-order valence-electron chi connectivity index (χ4n) is 2.31. The average molecular weight is 283 g/mol. The van der Waals surface area contributed by atoms with E-state index < -0.39 is 0 Å². The Labute approximate surface area is 122 Å². The van der Waals surface area contributed by atoms with Gasteiger partial charge in [0.05, 0.1) is 0 Å². The van der Waals surface area contributed by atoms with Gasteiger partial charge in [-0.2, -0.15) is 0 Å². The number of hydrogen-bond acceptors (Lipinski definition) is 0. The SMILES string of the molecule is Fc1ccccc1-c1ccccc1-c1ccccc1Cl. The molecule has 0 unspecified atom stereocenters. The van der Waals surface area contributed by atoms with Crippen molar-refractivity contribution >= 4 is 11.6 Å². The van der Waals surface area contributed by atoms with Gasteiger partial charge >= 0.3 is 0 Å². The topological polar surface area (TPSA) is 0 Å². The molecule has 0 atom stereocenters. The summed E-state index contributed by atoms with van der Waals surface area (Å²) in [5.41, 5.74) is 3.28. The molecule has 0 bridgehead atoms. The summed E-state index contributed by atoms with van der Waals surface area (Å²) in [6.45, 7) is 0. The Bertz CT molecular complexity index is 685. The molecule has 0 nitrogen and oxygen atoms in total. The molecule has 3 rings (SSSR count). The van der Waals surface area contributed by atoms with E-state index in [0.29, 0.717) is 10.6 Å². The second kappa shape index (κ2) is 5.48. The van der Waals surface area contributed by atoms with E-state index in [1.165, 1.54) is 6.07 Å². The zero-order chi connectivity index (χ0) is 13.9. The van der Waals surface area contributed by atoms with E-state index >= 15 is 0 Å². The van der Waals surface area contributed by atoms with Crippen LogP contribution in [0.1, 0.15) is 0 Å². The van der Waals surface area contributed by atoms with Crippen molar-refractivity contribution in [2.24, 2.45) is 0 Å². The normalized spacial score (nSPS) is 10.5. The lowest BCUT2D eigenvalue weighted by Crippen LogP contribution is -1.88. The molecule has 0 saturated carbocycles. The summed E-state index contributed by atoms with van der Waals surface area (Å²) in [6, 6.07) is 22.1. The van der Waals surface area contributed by atoms with Crippen molar-refractivity contribution in [3.63, 3.8) is 0 Å². The molecule has 0 saturated heterocycles. The summed E-state index contributed by atoms with van der Waals surface area (Å²) in [6.07, 6.45) is 0. The van der Waals surface area contributed by atoms with Crippen molar-refractivity contribution < 1.29 is 4.39 Å². The van der Waals surface area contributed by atoms with Crippen LogP contribution < -0.4 is 0 Å². The Morgan fingerprint density at radius 1 is 0.550 bits per heavy atom. The van der Waals surface area contributed by atoms with E-state index in [-0.39, 0.29) is 5.82 Å². The Morgan fingerprint density at radius 2 is 1.00 bits per heavy atom. The summed E-state index contributed by atoms with van der Waals surface area (Å²) in [7, 11) is 0. The molecular formula is C18H12ClF. The third kappa shape index (κ3) is 2.33. The number of benzene rings is 3. The molecule has 0 heterocycles. The highest BCUT2D eigenvalue weighted by Gasteiger charge is 2.11. The third-order valence-corrected chi connectivity index (χ3v) is 3.58. The Morgan fingerprint density at radius 3 is 1.60 bits per heavy atom. The van der Waals surface area contributed by atoms with Crippen LogP contribution in [0.3, 0.4) is 0 Å². The molecule has 0 aliphatic heterocycles. The van der Waals surface area contributed by atoms with Gasteiger partial charge in [-0.15, -0.1) is 0 Å². The van der Waals surface area contributed by atoms with Crippen molar-refractivity contribution in [3.05, 3.63) is 83.6 Å². The lowest BCUT2D eigenvalue weighted by Gasteiger charge is -2.12. The van der Waals surface area contributed by atoms with Gasteiger partial charge < -0.3 is 0 Å². The second-order valence-corrected chi connectivity index (χ2v) is 4.91. The highest BCUT2D eigenvalue weighted by Crippen LogP contribution is 2.36. The first-order valence-electron chi connectivity index (χ1n) is 6.36. The third-order valence-electron chi connectivity index (χ3n) is 3.26. The van der Waals surface area contributed by atoms with Gasteiger partial charge in [-0.1, -0.05) is 72.3 Å². The van der Waals surface area contributed by atoms with Crippen LogP contribution in [-0.4, -0.2) is 0 Å². The highest BCUT2D eigenvalue weighted by atomic mass is 35.5. The first-order valence-corrected chi connectivity index (χ1v) is 6.74. The fourth-order valence-corrected chi connectivity index (χ4v) is 2.55. The quantitative estimate of drug-likeness (QED) is 0.556. The van der Waals surface area contributed by atoms with Gasteiger partial charge in [0, 0.05) is 16.1 Å². The van der Waals surface area contributed by atoms with E-state index in [9.17, 15) is 4.39 Å². The fraction of sp³-hybridized carbons (Fsp3) is 0. The maximum absolute atomic E-state index is 14.0. The Hall–Kier alpha value is -2.12. The van der Waals surface area contributed by atoms with Gasteiger partial charge in [0.2, 0.25) is 0 Å². The maximum atomic E-state index is 14.0. The van der Waals surface area contributed by atoms with Crippen LogP contribution in [0, 0.1) is 5.82 Å². The largest absolute Gasteiger partial charge is 0.206 e.